The van der Waals surface area contributed by atoms with Crippen molar-refractivity contribution in [2.24, 2.45) is 11.1 Å². The molecular formula is C20H23ClN2O5S. The van der Waals surface area contributed by atoms with Gasteiger partial charge in [-0.1, -0.05) is 35.9 Å². The number of anilines is 1. The molecule has 0 bridgehead atoms. The number of nitrogens with one attached hydrogen (secondary N) is 1. The van der Waals surface area contributed by atoms with Crippen molar-refractivity contribution < 1.29 is 22.7 Å². The van der Waals surface area contributed by atoms with Crippen molar-refractivity contribution in [2.45, 2.75) is 24.3 Å². The average Bonchev–Trinajstić information content (AvgIpc) is 3.17. The van der Waals surface area contributed by atoms with E-state index in [9.17, 15) is 13.2 Å². The first-order chi connectivity index (χ1) is 13.8. The highest BCUT2D eigenvalue weighted by molar-refractivity contribution is 7.89. The predicted molar refractivity (Wildman–Crippen MR) is 110 cm³/mol. The van der Waals surface area contributed by atoms with Gasteiger partial charge in [0.05, 0.1) is 31.1 Å². The van der Waals surface area contributed by atoms with E-state index in [4.69, 9.17) is 26.2 Å². The molecular weight excluding hydrogens is 416 g/mol. The second kappa shape index (κ2) is 9.69. The van der Waals surface area contributed by atoms with E-state index in [0.29, 0.717) is 41.0 Å². The number of amides is 1. The summed E-state index contributed by atoms with van der Waals surface area (Å²) in [5.41, 5.74) is 1.45. The van der Waals surface area contributed by atoms with Crippen molar-refractivity contribution in [3.05, 3.63) is 58.6 Å². The number of primary sulfonamides is 1. The molecule has 1 fully saturated rings. The highest BCUT2D eigenvalue weighted by Crippen LogP contribution is 2.22. The molecule has 7 nitrogen and oxygen atoms in total. The smallest absolute Gasteiger partial charge is 0.238 e. The summed E-state index contributed by atoms with van der Waals surface area (Å²) in [6.45, 7) is 1.97. The minimum Gasteiger partial charge on any atom is -0.381 e. The Balaban J connectivity index is 1.68. The van der Waals surface area contributed by atoms with E-state index in [1.165, 1.54) is 6.07 Å². The van der Waals surface area contributed by atoms with Crippen LogP contribution in [0.3, 0.4) is 0 Å². The van der Waals surface area contributed by atoms with Crippen molar-refractivity contribution in [1.29, 1.82) is 0 Å². The molecule has 156 valence electrons. The summed E-state index contributed by atoms with van der Waals surface area (Å²) in [5, 5.41) is 8.54. The van der Waals surface area contributed by atoms with Crippen LogP contribution in [-0.4, -0.2) is 34.1 Å². The Hall–Kier alpha value is -1.97. The molecule has 0 radical (unpaired) electrons. The van der Waals surface area contributed by atoms with E-state index in [1.54, 1.807) is 36.4 Å². The topological polar surface area (TPSA) is 108 Å². The summed E-state index contributed by atoms with van der Waals surface area (Å²) in [7, 11) is -3.98. The molecule has 3 rings (SSSR count). The number of nitrogens with two attached hydrogens (primary N) is 1. The Kier molecular flexibility index (Phi) is 7.26. The van der Waals surface area contributed by atoms with Crippen LogP contribution in [0.4, 0.5) is 5.69 Å². The summed E-state index contributed by atoms with van der Waals surface area (Å²) in [5.74, 6) is 0.00000781. The van der Waals surface area contributed by atoms with Gasteiger partial charge in [-0.05, 0) is 35.7 Å². The third-order valence-electron chi connectivity index (χ3n) is 4.60. The predicted octanol–water partition coefficient (Wildman–Crippen LogP) is 2.72. The Morgan fingerprint density at radius 2 is 2.03 bits per heavy atom. The van der Waals surface area contributed by atoms with Crippen molar-refractivity contribution in [3.63, 3.8) is 0 Å². The second-order valence-corrected chi connectivity index (χ2v) is 8.87. The van der Waals surface area contributed by atoms with E-state index < -0.39 is 10.0 Å². The van der Waals surface area contributed by atoms with Crippen LogP contribution in [0.2, 0.25) is 5.02 Å². The molecule has 1 aliphatic heterocycles. The Labute approximate surface area is 175 Å². The van der Waals surface area contributed by atoms with Crippen molar-refractivity contribution in [2.75, 3.05) is 25.1 Å². The van der Waals surface area contributed by atoms with Gasteiger partial charge in [0, 0.05) is 23.2 Å². The Bertz CT molecular complexity index is 975. The van der Waals surface area contributed by atoms with E-state index in [2.05, 4.69) is 5.32 Å². The second-order valence-electron chi connectivity index (χ2n) is 6.93. The van der Waals surface area contributed by atoms with Crippen molar-refractivity contribution in [3.8, 4) is 0 Å². The average molecular weight is 439 g/mol. The number of halogens is 1. The zero-order chi connectivity index (χ0) is 20.9. The largest absolute Gasteiger partial charge is 0.381 e. The first-order valence-electron chi connectivity index (χ1n) is 9.17. The molecule has 0 saturated carbocycles. The standard InChI is InChI=1S/C20H23ClN2O5S/c21-18-4-2-1-3-15(18)9-20(24)23-17-6-5-16(19(10-17)29(22,25)26)13-28-12-14-7-8-27-11-14/h1-6,10,14H,7-9,11-13H2,(H,23,24)(H2,22,25,26). The number of rotatable bonds is 8. The van der Waals surface area contributed by atoms with Gasteiger partial charge in [-0.2, -0.15) is 0 Å². The maximum absolute atomic E-state index is 12.3. The molecule has 0 aliphatic carbocycles. The fourth-order valence-corrected chi connectivity index (χ4v) is 4.07. The number of benzene rings is 2. The summed E-state index contributed by atoms with van der Waals surface area (Å²) >= 11 is 6.08. The lowest BCUT2D eigenvalue weighted by molar-refractivity contribution is -0.115. The molecule has 1 aliphatic rings. The van der Waals surface area contributed by atoms with Gasteiger partial charge in [0.15, 0.2) is 0 Å². The highest BCUT2D eigenvalue weighted by atomic mass is 35.5. The lowest BCUT2D eigenvalue weighted by Gasteiger charge is -2.13. The summed E-state index contributed by atoms with van der Waals surface area (Å²) in [4.78, 5) is 12.2. The first-order valence-corrected chi connectivity index (χ1v) is 11.1. The first kappa shape index (κ1) is 21.7. The van der Waals surface area contributed by atoms with Crippen LogP contribution in [0.15, 0.2) is 47.4 Å². The van der Waals surface area contributed by atoms with Gasteiger partial charge in [0.25, 0.3) is 0 Å². The zero-order valence-corrected chi connectivity index (χ0v) is 17.3. The van der Waals surface area contributed by atoms with Crippen molar-refractivity contribution in [1.82, 2.24) is 0 Å². The molecule has 1 atom stereocenters. The number of carbonyl (C=O) groups excluding carboxylic acids is 1. The molecule has 1 unspecified atom stereocenters. The van der Waals surface area contributed by atoms with Gasteiger partial charge in [-0.3, -0.25) is 4.79 Å². The van der Waals surface area contributed by atoms with E-state index in [-0.39, 0.29) is 23.8 Å². The molecule has 29 heavy (non-hydrogen) atoms. The van der Waals surface area contributed by atoms with Gasteiger partial charge in [-0.15, -0.1) is 0 Å². The maximum Gasteiger partial charge on any atom is 0.238 e. The molecule has 0 aromatic heterocycles. The number of carbonyl (C=O) groups is 1. The maximum atomic E-state index is 12.3. The van der Waals surface area contributed by atoms with Gasteiger partial charge in [0.2, 0.25) is 15.9 Å². The Morgan fingerprint density at radius 3 is 2.72 bits per heavy atom. The summed E-state index contributed by atoms with van der Waals surface area (Å²) in [6.07, 6.45) is 0.997. The lowest BCUT2D eigenvalue weighted by Crippen LogP contribution is -2.18. The van der Waals surface area contributed by atoms with Crippen LogP contribution in [-0.2, 0) is 37.3 Å². The minimum absolute atomic E-state index is 0.0682. The molecule has 2 aromatic rings. The van der Waals surface area contributed by atoms with Crippen LogP contribution < -0.4 is 10.5 Å². The van der Waals surface area contributed by atoms with Crippen LogP contribution in [0.1, 0.15) is 17.5 Å². The van der Waals surface area contributed by atoms with Gasteiger partial charge < -0.3 is 14.8 Å². The van der Waals surface area contributed by atoms with Crippen molar-refractivity contribution >= 4 is 33.2 Å². The SMILES string of the molecule is NS(=O)(=O)c1cc(NC(=O)Cc2ccccc2Cl)ccc1COCC1CCOC1. The van der Waals surface area contributed by atoms with Crippen LogP contribution >= 0.6 is 11.6 Å². The molecule has 2 aromatic carbocycles. The fourth-order valence-electron chi connectivity index (χ4n) is 3.09. The summed E-state index contributed by atoms with van der Waals surface area (Å²) < 4.78 is 35.0. The van der Waals surface area contributed by atoms with Gasteiger partial charge >= 0.3 is 0 Å². The molecule has 1 heterocycles. The summed E-state index contributed by atoms with van der Waals surface area (Å²) in [6, 6.07) is 11.6. The van der Waals surface area contributed by atoms with Gasteiger partial charge in [-0.25, -0.2) is 13.6 Å². The third-order valence-corrected chi connectivity index (χ3v) is 5.96. The van der Waals surface area contributed by atoms with E-state index in [1.807, 2.05) is 0 Å². The molecule has 1 amide bonds. The third kappa shape index (κ3) is 6.25. The highest BCUT2D eigenvalue weighted by Gasteiger charge is 2.19. The Morgan fingerprint density at radius 1 is 1.24 bits per heavy atom. The van der Waals surface area contributed by atoms with E-state index in [0.717, 1.165) is 13.0 Å². The molecule has 9 heteroatoms. The quantitative estimate of drug-likeness (QED) is 0.658. The minimum atomic E-state index is -3.98. The zero-order valence-electron chi connectivity index (χ0n) is 15.8. The number of hydrogen-bond acceptors (Lipinski definition) is 5. The number of ether oxygens (including phenoxy) is 2. The monoisotopic (exact) mass is 438 g/mol. The van der Waals surface area contributed by atoms with E-state index >= 15 is 0 Å². The normalized spacial score (nSPS) is 16.7. The molecule has 3 N–H and O–H groups in total. The van der Waals surface area contributed by atoms with Crippen LogP contribution in [0, 0.1) is 5.92 Å². The number of sulfonamides is 1. The number of hydrogen-bond donors (Lipinski definition) is 2. The van der Waals surface area contributed by atoms with Gasteiger partial charge in [0.1, 0.15) is 0 Å². The lowest BCUT2D eigenvalue weighted by atomic mass is 10.1. The molecule has 1 saturated heterocycles. The fraction of sp³-hybridized carbons (Fsp3) is 0.350. The van der Waals surface area contributed by atoms with Crippen LogP contribution in [0.5, 0.6) is 0 Å². The van der Waals surface area contributed by atoms with Crippen LogP contribution in [0.25, 0.3) is 0 Å². The molecule has 0 spiro atoms.